The highest BCUT2D eigenvalue weighted by atomic mass is 16.3. The molecule has 0 saturated heterocycles. The van der Waals surface area contributed by atoms with Crippen molar-refractivity contribution in [2.45, 2.75) is 26.4 Å². The summed E-state index contributed by atoms with van der Waals surface area (Å²) in [4.78, 5) is 0. The fraction of sp³-hybridized carbons (Fsp3) is 0.400. The van der Waals surface area contributed by atoms with Gasteiger partial charge in [-0.1, -0.05) is 12.1 Å². The molecule has 66 valence electrons. The van der Waals surface area contributed by atoms with Gasteiger partial charge in [0.1, 0.15) is 5.75 Å². The van der Waals surface area contributed by atoms with E-state index in [0.717, 1.165) is 11.1 Å². The second-order valence-electron chi connectivity index (χ2n) is 3.17. The van der Waals surface area contributed by atoms with Crippen molar-refractivity contribution in [1.29, 1.82) is 0 Å². The summed E-state index contributed by atoms with van der Waals surface area (Å²) in [5, 5.41) is 18.4. The molecule has 0 aliphatic heterocycles. The van der Waals surface area contributed by atoms with Crippen LogP contribution in [0.1, 0.15) is 18.1 Å². The molecule has 0 fully saturated rings. The van der Waals surface area contributed by atoms with Gasteiger partial charge < -0.3 is 10.2 Å². The molecule has 2 N–H and O–H groups in total. The Hall–Kier alpha value is -1.02. The van der Waals surface area contributed by atoms with Crippen molar-refractivity contribution in [2.24, 2.45) is 0 Å². The normalized spacial score (nSPS) is 12.9. The van der Waals surface area contributed by atoms with Gasteiger partial charge in [-0.25, -0.2) is 0 Å². The second kappa shape index (κ2) is 3.59. The van der Waals surface area contributed by atoms with E-state index in [2.05, 4.69) is 0 Å². The highest BCUT2D eigenvalue weighted by Gasteiger charge is 2.01. The van der Waals surface area contributed by atoms with Crippen LogP contribution in [0, 0.1) is 6.92 Å². The molecule has 0 amide bonds. The van der Waals surface area contributed by atoms with Crippen LogP contribution in [0.25, 0.3) is 0 Å². The molecule has 0 aliphatic carbocycles. The first-order valence-corrected chi connectivity index (χ1v) is 4.06. The number of rotatable bonds is 2. The first kappa shape index (κ1) is 9.07. The van der Waals surface area contributed by atoms with Crippen LogP contribution in [0.2, 0.25) is 0 Å². The van der Waals surface area contributed by atoms with E-state index in [1.165, 1.54) is 0 Å². The fourth-order valence-corrected chi connectivity index (χ4v) is 1.12. The van der Waals surface area contributed by atoms with E-state index in [9.17, 15) is 5.11 Å². The van der Waals surface area contributed by atoms with Crippen LogP contribution in [0.15, 0.2) is 18.2 Å². The van der Waals surface area contributed by atoms with Gasteiger partial charge in [0, 0.05) is 0 Å². The lowest BCUT2D eigenvalue weighted by atomic mass is 10.1. The first-order chi connectivity index (χ1) is 5.59. The minimum absolute atomic E-state index is 0.299. The highest BCUT2D eigenvalue weighted by molar-refractivity contribution is 5.35. The Morgan fingerprint density at radius 1 is 1.42 bits per heavy atom. The SMILES string of the molecule is Cc1ccc(CC(C)O)cc1O. The topological polar surface area (TPSA) is 40.5 Å². The molecule has 0 aromatic heterocycles. The van der Waals surface area contributed by atoms with Gasteiger partial charge in [0.05, 0.1) is 6.10 Å². The molecule has 0 radical (unpaired) electrons. The van der Waals surface area contributed by atoms with Crippen LogP contribution in [0.3, 0.4) is 0 Å². The number of benzene rings is 1. The smallest absolute Gasteiger partial charge is 0.118 e. The predicted molar refractivity (Wildman–Crippen MR) is 48.2 cm³/mol. The third kappa shape index (κ3) is 2.24. The third-order valence-electron chi connectivity index (χ3n) is 1.80. The minimum Gasteiger partial charge on any atom is -0.508 e. The molecule has 0 saturated carbocycles. The van der Waals surface area contributed by atoms with Crippen molar-refractivity contribution in [3.05, 3.63) is 29.3 Å². The van der Waals surface area contributed by atoms with Gasteiger partial charge in [-0.3, -0.25) is 0 Å². The number of aliphatic hydroxyl groups is 1. The standard InChI is InChI=1S/C10H14O2/c1-7-3-4-9(5-8(2)11)6-10(7)12/h3-4,6,8,11-12H,5H2,1-2H3. The van der Waals surface area contributed by atoms with Crippen molar-refractivity contribution >= 4 is 0 Å². The summed E-state index contributed by atoms with van der Waals surface area (Å²) in [7, 11) is 0. The van der Waals surface area contributed by atoms with Gasteiger partial charge in [0.2, 0.25) is 0 Å². The van der Waals surface area contributed by atoms with Crippen LogP contribution in [-0.2, 0) is 6.42 Å². The molecule has 0 aliphatic rings. The molecule has 2 nitrogen and oxygen atoms in total. The molecular weight excluding hydrogens is 152 g/mol. The quantitative estimate of drug-likeness (QED) is 0.701. The largest absolute Gasteiger partial charge is 0.508 e. The Bertz CT molecular complexity index is 267. The number of hydrogen-bond acceptors (Lipinski definition) is 2. The van der Waals surface area contributed by atoms with E-state index in [0.29, 0.717) is 12.2 Å². The van der Waals surface area contributed by atoms with Crippen LogP contribution >= 0.6 is 0 Å². The van der Waals surface area contributed by atoms with E-state index in [1.807, 2.05) is 19.1 Å². The molecule has 12 heavy (non-hydrogen) atoms. The Labute approximate surface area is 72.5 Å². The van der Waals surface area contributed by atoms with E-state index in [-0.39, 0.29) is 6.10 Å². The van der Waals surface area contributed by atoms with Crippen molar-refractivity contribution in [1.82, 2.24) is 0 Å². The van der Waals surface area contributed by atoms with E-state index in [1.54, 1.807) is 13.0 Å². The number of aliphatic hydroxyl groups excluding tert-OH is 1. The van der Waals surface area contributed by atoms with Crippen molar-refractivity contribution in [2.75, 3.05) is 0 Å². The molecule has 1 rings (SSSR count). The zero-order valence-corrected chi connectivity index (χ0v) is 7.41. The zero-order valence-electron chi connectivity index (χ0n) is 7.41. The molecule has 1 unspecified atom stereocenters. The third-order valence-corrected chi connectivity index (χ3v) is 1.80. The average Bonchev–Trinajstić information content (AvgIpc) is 1.96. The van der Waals surface area contributed by atoms with Crippen LogP contribution in [0.5, 0.6) is 5.75 Å². The molecule has 2 heteroatoms. The highest BCUT2D eigenvalue weighted by Crippen LogP contribution is 2.18. The number of aromatic hydroxyl groups is 1. The molecule has 1 atom stereocenters. The number of phenolic OH excluding ortho intramolecular Hbond substituents is 1. The maximum absolute atomic E-state index is 9.33. The van der Waals surface area contributed by atoms with Crippen molar-refractivity contribution in [3.63, 3.8) is 0 Å². The fourth-order valence-electron chi connectivity index (χ4n) is 1.12. The monoisotopic (exact) mass is 166 g/mol. The van der Waals surface area contributed by atoms with E-state index < -0.39 is 0 Å². The molecule has 0 bridgehead atoms. The average molecular weight is 166 g/mol. The molecular formula is C10H14O2. The molecule has 0 heterocycles. The lowest BCUT2D eigenvalue weighted by Gasteiger charge is -2.05. The summed E-state index contributed by atoms with van der Waals surface area (Å²) < 4.78 is 0. The van der Waals surface area contributed by atoms with Gasteiger partial charge in [-0.15, -0.1) is 0 Å². The molecule has 0 spiro atoms. The lowest BCUT2D eigenvalue weighted by Crippen LogP contribution is -2.03. The summed E-state index contributed by atoms with van der Waals surface area (Å²) in [6.45, 7) is 3.58. The maximum atomic E-state index is 9.33. The number of phenols is 1. The predicted octanol–water partition coefficient (Wildman–Crippen LogP) is 1.62. The lowest BCUT2D eigenvalue weighted by molar-refractivity contribution is 0.195. The van der Waals surface area contributed by atoms with Crippen molar-refractivity contribution < 1.29 is 10.2 Å². The van der Waals surface area contributed by atoms with Gasteiger partial charge >= 0.3 is 0 Å². The summed E-state index contributed by atoms with van der Waals surface area (Å²) in [6.07, 6.45) is 0.237. The van der Waals surface area contributed by atoms with Gasteiger partial charge in [-0.2, -0.15) is 0 Å². The summed E-state index contributed by atoms with van der Waals surface area (Å²) in [5.74, 6) is 0.299. The van der Waals surface area contributed by atoms with Crippen LogP contribution < -0.4 is 0 Å². The summed E-state index contributed by atoms with van der Waals surface area (Å²) in [6, 6.07) is 5.47. The Kier molecular flexibility index (Phi) is 2.71. The Morgan fingerprint density at radius 3 is 2.58 bits per heavy atom. The van der Waals surface area contributed by atoms with Gasteiger partial charge in [0.15, 0.2) is 0 Å². The molecule has 1 aromatic rings. The van der Waals surface area contributed by atoms with Gasteiger partial charge in [-0.05, 0) is 37.5 Å². The first-order valence-electron chi connectivity index (χ1n) is 4.06. The Morgan fingerprint density at radius 2 is 2.08 bits per heavy atom. The number of aryl methyl sites for hydroxylation is 1. The zero-order chi connectivity index (χ0) is 9.14. The summed E-state index contributed by atoms with van der Waals surface area (Å²) in [5.41, 5.74) is 1.83. The van der Waals surface area contributed by atoms with Crippen LogP contribution in [-0.4, -0.2) is 16.3 Å². The van der Waals surface area contributed by atoms with Crippen molar-refractivity contribution in [3.8, 4) is 5.75 Å². The minimum atomic E-state index is -0.355. The van der Waals surface area contributed by atoms with Gasteiger partial charge in [0.25, 0.3) is 0 Å². The van der Waals surface area contributed by atoms with E-state index >= 15 is 0 Å². The summed E-state index contributed by atoms with van der Waals surface area (Å²) >= 11 is 0. The number of hydrogen-bond donors (Lipinski definition) is 2. The molecule has 1 aromatic carbocycles. The van der Waals surface area contributed by atoms with E-state index in [4.69, 9.17) is 5.11 Å². The Balaban J connectivity index is 2.82. The second-order valence-corrected chi connectivity index (χ2v) is 3.17. The van der Waals surface area contributed by atoms with Crippen LogP contribution in [0.4, 0.5) is 0 Å². The maximum Gasteiger partial charge on any atom is 0.118 e.